The third kappa shape index (κ3) is 235. The standard InChI is InChI=1S/2K.2H3O4P.H2O.2H/c;;2*1-5(2,3)4;;;/h;;2*(H3,1,2,3,4);1H2;;. The van der Waals surface area contributed by atoms with Gasteiger partial charge in [0.25, 0.3) is 0 Å². The zero-order valence-corrected chi connectivity index (χ0v) is 6.68. The average Bonchev–Trinajstić information content (AvgIpc) is 1.12. The summed E-state index contributed by atoms with van der Waals surface area (Å²) in [6.07, 6.45) is 0. The third-order valence-corrected chi connectivity index (χ3v) is 0. The van der Waals surface area contributed by atoms with Gasteiger partial charge in [0.15, 0.2) is 0 Å². The predicted octanol–water partition coefficient (Wildman–Crippen LogP) is -3.98. The molecule has 0 aliphatic carbocycles. The summed E-state index contributed by atoms with van der Waals surface area (Å²) in [4.78, 5) is 43.1. The second-order valence-corrected chi connectivity index (χ2v) is 3.08. The van der Waals surface area contributed by atoms with E-state index in [2.05, 4.69) is 0 Å². The molecule has 8 N–H and O–H groups in total. The second-order valence-electron chi connectivity index (χ2n) is 1.03. The van der Waals surface area contributed by atoms with Crippen molar-refractivity contribution < 1.29 is 44.0 Å². The molecule has 0 saturated heterocycles. The van der Waals surface area contributed by atoms with Crippen molar-refractivity contribution in [3.05, 3.63) is 0 Å². The predicted molar refractivity (Wildman–Crippen MR) is 46.4 cm³/mol. The number of rotatable bonds is 0. The monoisotopic (exact) mass is 294 g/mol. The minimum absolute atomic E-state index is 0. The maximum atomic E-state index is 8.88. The Labute approximate surface area is 159 Å². The fourth-order valence-corrected chi connectivity index (χ4v) is 0. The Morgan fingerprint density at radius 3 is 0.615 bits per heavy atom. The van der Waals surface area contributed by atoms with Crippen molar-refractivity contribution in [1.82, 2.24) is 0 Å². The molecule has 0 aromatic carbocycles. The van der Waals surface area contributed by atoms with Crippen molar-refractivity contribution in [2.24, 2.45) is 0 Å². The van der Waals surface area contributed by atoms with Crippen LogP contribution in [0.1, 0.15) is 0 Å². The van der Waals surface area contributed by atoms with E-state index in [1.165, 1.54) is 0 Å². The number of hydrogen-bond donors (Lipinski definition) is 6. The van der Waals surface area contributed by atoms with E-state index >= 15 is 0 Å². The van der Waals surface area contributed by atoms with Gasteiger partial charge in [0.05, 0.1) is 0 Å². The fraction of sp³-hybridized carbons (Fsp3) is 0. The van der Waals surface area contributed by atoms with Crippen LogP contribution in [-0.2, 0) is 9.13 Å². The Morgan fingerprint density at radius 2 is 0.615 bits per heavy atom. The minimum atomic E-state index is -4.64. The van der Waals surface area contributed by atoms with Crippen LogP contribution in [0.15, 0.2) is 0 Å². The average molecular weight is 294 g/mol. The molecular formula is H10K2O9P2. The Balaban J connectivity index is -0.0000000267. The van der Waals surface area contributed by atoms with E-state index in [1.807, 2.05) is 0 Å². The fourth-order valence-electron chi connectivity index (χ4n) is 0. The molecule has 0 aromatic heterocycles. The molecule has 0 aliphatic rings. The van der Waals surface area contributed by atoms with E-state index in [0.29, 0.717) is 0 Å². The van der Waals surface area contributed by atoms with Gasteiger partial charge >= 0.3 is 118 Å². The van der Waals surface area contributed by atoms with Crippen LogP contribution in [0.2, 0.25) is 0 Å². The molecule has 13 heavy (non-hydrogen) atoms. The van der Waals surface area contributed by atoms with Gasteiger partial charge in [0.1, 0.15) is 0 Å². The first kappa shape index (κ1) is 30.0. The first-order valence-electron chi connectivity index (χ1n) is 1.57. The Morgan fingerprint density at radius 1 is 0.615 bits per heavy atom. The summed E-state index contributed by atoms with van der Waals surface area (Å²) in [5.74, 6) is 0. The molecular weight excluding hydrogens is 284 g/mol. The van der Waals surface area contributed by atoms with Gasteiger partial charge in [-0.05, 0) is 0 Å². The molecule has 0 fully saturated rings. The van der Waals surface area contributed by atoms with Crippen LogP contribution < -0.4 is 0 Å². The van der Waals surface area contributed by atoms with Gasteiger partial charge in [-0.15, -0.1) is 0 Å². The molecule has 76 valence electrons. The van der Waals surface area contributed by atoms with E-state index in [4.69, 9.17) is 38.5 Å². The van der Waals surface area contributed by atoms with Crippen molar-refractivity contribution in [2.75, 3.05) is 0 Å². The normalized spacial score (nSPS) is 9.08. The summed E-state index contributed by atoms with van der Waals surface area (Å²) in [7, 11) is -9.28. The van der Waals surface area contributed by atoms with E-state index in [0.717, 1.165) is 0 Å². The molecule has 13 heteroatoms. The third-order valence-electron chi connectivity index (χ3n) is 0. The molecule has 0 rings (SSSR count). The molecule has 0 unspecified atom stereocenters. The number of phosphoric acid groups is 2. The summed E-state index contributed by atoms with van der Waals surface area (Å²) in [6.45, 7) is 0. The zero-order valence-electron chi connectivity index (χ0n) is 4.89. The SMILES string of the molecule is O.O=P(O)(O)O.O=P(O)(O)O.[KH].[KH]. The Bertz CT molecular complexity index is 128. The van der Waals surface area contributed by atoms with Crippen LogP contribution in [-0.4, -0.2) is 138 Å². The van der Waals surface area contributed by atoms with Crippen LogP contribution in [0.3, 0.4) is 0 Å². The van der Waals surface area contributed by atoms with Crippen molar-refractivity contribution in [3.8, 4) is 0 Å². The summed E-state index contributed by atoms with van der Waals surface area (Å²) >= 11 is 0. The van der Waals surface area contributed by atoms with Gasteiger partial charge in [0, 0.05) is 0 Å². The molecule has 0 saturated carbocycles. The first-order chi connectivity index (χ1) is 4.00. The van der Waals surface area contributed by atoms with Gasteiger partial charge in [-0.2, -0.15) is 0 Å². The molecule has 0 heterocycles. The van der Waals surface area contributed by atoms with Crippen LogP contribution in [0, 0.1) is 0 Å². The van der Waals surface area contributed by atoms with Gasteiger partial charge in [-0.1, -0.05) is 0 Å². The first-order valence-corrected chi connectivity index (χ1v) is 4.70. The van der Waals surface area contributed by atoms with Crippen LogP contribution in [0.25, 0.3) is 0 Å². The number of hydrogen-bond acceptors (Lipinski definition) is 2. The van der Waals surface area contributed by atoms with Crippen molar-refractivity contribution in [3.63, 3.8) is 0 Å². The molecule has 0 bridgehead atoms. The topological polar surface area (TPSA) is 187 Å². The van der Waals surface area contributed by atoms with Crippen molar-refractivity contribution in [2.45, 2.75) is 0 Å². The molecule has 0 aromatic rings. The van der Waals surface area contributed by atoms with Crippen LogP contribution >= 0.6 is 15.6 Å². The summed E-state index contributed by atoms with van der Waals surface area (Å²) in [5.41, 5.74) is 0. The molecule has 0 spiro atoms. The van der Waals surface area contributed by atoms with Gasteiger partial charge in [-0.3, -0.25) is 0 Å². The van der Waals surface area contributed by atoms with Gasteiger partial charge < -0.3 is 34.8 Å². The second kappa shape index (κ2) is 13.5. The van der Waals surface area contributed by atoms with E-state index < -0.39 is 15.6 Å². The maximum absolute atomic E-state index is 8.88. The summed E-state index contributed by atoms with van der Waals surface area (Å²) in [5, 5.41) is 0. The summed E-state index contributed by atoms with van der Waals surface area (Å²) < 4.78 is 17.8. The zero-order chi connectivity index (χ0) is 9.00. The molecule has 9 nitrogen and oxygen atoms in total. The summed E-state index contributed by atoms with van der Waals surface area (Å²) in [6, 6.07) is 0. The van der Waals surface area contributed by atoms with E-state index in [1.54, 1.807) is 0 Å². The van der Waals surface area contributed by atoms with Crippen molar-refractivity contribution in [1.29, 1.82) is 0 Å². The molecule has 0 amide bonds. The van der Waals surface area contributed by atoms with Crippen molar-refractivity contribution >= 4 is 118 Å². The Hall–Kier alpha value is 3.45. The quantitative estimate of drug-likeness (QED) is 0.193. The Kier molecular flexibility index (Phi) is 31.1. The van der Waals surface area contributed by atoms with E-state index in [-0.39, 0.29) is 108 Å². The van der Waals surface area contributed by atoms with Gasteiger partial charge in [0.2, 0.25) is 0 Å². The van der Waals surface area contributed by atoms with Crippen LogP contribution in [0.4, 0.5) is 0 Å². The van der Waals surface area contributed by atoms with Crippen LogP contribution in [0.5, 0.6) is 0 Å². The molecule has 0 atom stereocenters. The van der Waals surface area contributed by atoms with E-state index in [9.17, 15) is 0 Å². The molecule has 0 aliphatic heterocycles. The molecule has 0 radical (unpaired) electrons. The van der Waals surface area contributed by atoms with Gasteiger partial charge in [-0.25, -0.2) is 9.13 Å².